The molecule has 0 fully saturated rings. The summed E-state index contributed by atoms with van der Waals surface area (Å²) in [5.41, 5.74) is 1.40. The highest BCUT2D eigenvalue weighted by molar-refractivity contribution is 6.30. The minimum Gasteiger partial charge on any atom is -0.460 e. The lowest BCUT2D eigenvalue weighted by molar-refractivity contribution is 0.209. The Morgan fingerprint density at radius 1 is 1.24 bits per heavy atom. The van der Waals surface area contributed by atoms with Crippen LogP contribution in [-0.4, -0.2) is 0 Å². The van der Waals surface area contributed by atoms with Gasteiger partial charge in [-0.25, -0.2) is 0 Å². The van der Waals surface area contributed by atoms with Crippen molar-refractivity contribution >= 4 is 23.2 Å². The van der Waals surface area contributed by atoms with E-state index in [1.807, 2.05) is 12.1 Å². The lowest BCUT2D eigenvalue weighted by Crippen LogP contribution is -2.25. The highest BCUT2D eigenvalue weighted by atomic mass is 35.5. The molecule has 0 N–H and O–H groups in total. The number of rotatable bonds is 4. The minimum atomic E-state index is -0.110. The smallest absolute Gasteiger partial charge is 0.127 e. The molecule has 0 aliphatic rings. The first-order valence-electron chi connectivity index (χ1n) is 5.62. The summed E-state index contributed by atoms with van der Waals surface area (Å²) in [5.74, 6) is 1.94. The van der Waals surface area contributed by atoms with Crippen LogP contribution < -0.4 is 4.74 Å². The Morgan fingerprint density at radius 2 is 1.76 bits per heavy atom. The molecule has 0 aliphatic heterocycles. The first-order valence-corrected chi connectivity index (χ1v) is 6.43. The maximum atomic E-state index is 5.86. The van der Waals surface area contributed by atoms with Gasteiger partial charge in [-0.1, -0.05) is 50.9 Å². The summed E-state index contributed by atoms with van der Waals surface area (Å²) in [6, 6.07) is 7.26. The highest BCUT2D eigenvalue weighted by Crippen LogP contribution is 2.36. The highest BCUT2D eigenvalue weighted by Gasteiger charge is 2.29. The quantitative estimate of drug-likeness (QED) is 0.660. The third kappa shape index (κ3) is 3.65. The molecular formula is C14H18Cl2O. The molecule has 0 heterocycles. The van der Waals surface area contributed by atoms with E-state index >= 15 is 0 Å². The molecular weight excluding hydrogens is 255 g/mol. The molecule has 0 aromatic heterocycles. The molecule has 1 rings (SSSR count). The summed E-state index contributed by atoms with van der Waals surface area (Å²) in [6.07, 6.45) is 0. The summed E-state index contributed by atoms with van der Waals surface area (Å²) in [5, 5.41) is 0.692. The molecule has 0 aliphatic carbocycles. The van der Waals surface area contributed by atoms with Crippen LogP contribution in [0.2, 0.25) is 5.02 Å². The van der Waals surface area contributed by atoms with Crippen LogP contribution >= 0.6 is 23.2 Å². The molecule has 17 heavy (non-hydrogen) atoms. The SMILES string of the molecule is CC(C)C(C)(C)C(=CCl)Oc1ccc(Cl)cc1. The van der Waals surface area contributed by atoms with Crippen molar-refractivity contribution in [2.24, 2.45) is 11.3 Å². The van der Waals surface area contributed by atoms with Crippen molar-refractivity contribution in [1.29, 1.82) is 0 Å². The average Bonchev–Trinajstić information content (AvgIpc) is 2.27. The largest absolute Gasteiger partial charge is 0.460 e. The van der Waals surface area contributed by atoms with E-state index in [0.29, 0.717) is 10.9 Å². The second-order valence-electron chi connectivity index (χ2n) is 4.91. The Labute approximate surface area is 113 Å². The summed E-state index contributed by atoms with van der Waals surface area (Å²) in [7, 11) is 0. The van der Waals surface area contributed by atoms with Gasteiger partial charge < -0.3 is 4.74 Å². The van der Waals surface area contributed by atoms with E-state index in [4.69, 9.17) is 27.9 Å². The molecule has 0 radical (unpaired) electrons. The van der Waals surface area contributed by atoms with Gasteiger partial charge in [-0.05, 0) is 30.2 Å². The van der Waals surface area contributed by atoms with Crippen LogP contribution in [0.4, 0.5) is 0 Å². The Balaban J connectivity index is 2.89. The zero-order valence-electron chi connectivity index (χ0n) is 10.6. The molecule has 1 aromatic rings. The molecule has 0 saturated carbocycles. The standard InChI is InChI=1S/C14H18Cl2O/c1-10(2)14(3,4)13(9-15)17-12-7-5-11(16)6-8-12/h5-10H,1-4H3. The first kappa shape index (κ1) is 14.4. The van der Waals surface area contributed by atoms with Crippen LogP contribution in [0.3, 0.4) is 0 Å². The van der Waals surface area contributed by atoms with E-state index in [-0.39, 0.29) is 5.41 Å². The second kappa shape index (κ2) is 5.79. The van der Waals surface area contributed by atoms with Crippen LogP contribution in [0.25, 0.3) is 0 Å². The summed E-state index contributed by atoms with van der Waals surface area (Å²) >= 11 is 11.7. The molecule has 0 spiro atoms. The molecule has 0 amide bonds. The predicted molar refractivity (Wildman–Crippen MR) is 74.6 cm³/mol. The molecule has 94 valence electrons. The van der Waals surface area contributed by atoms with Crippen LogP contribution in [0, 0.1) is 11.3 Å². The Bertz CT molecular complexity index is 391. The average molecular weight is 273 g/mol. The van der Waals surface area contributed by atoms with Crippen LogP contribution in [0.5, 0.6) is 5.75 Å². The maximum absolute atomic E-state index is 5.86. The first-order chi connectivity index (χ1) is 7.87. The number of ether oxygens (including phenoxy) is 1. The van der Waals surface area contributed by atoms with E-state index in [1.165, 1.54) is 5.54 Å². The minimum absolute atomic E-state index is 0.110. The van der Waals surface area contributed by atoms with Crippen LogP contribution in [-0.2, 0) is 0 Å². The van der Waals surface area contributed by atoms with Crippen molar-refractivity contribution in [2.75, 3.05) is 0 Å². The van der Waals surface area contributed by atoms with Gasteiger partial charge in [-0.2, -0.15) is 0 Å². The third-order valence-electron chi connectivity index (χ3n) is 3.22. The third-order valence-corrected chi connectivity index (χ3v) is 3.67. The van der Waals surface area contributed by atoms with E-state index in [0.717, 1.165) is 11.5 Å². The van der Waals surface area contributed by atoms with Crippen molar-refractivity contribution in [1.82, 2.24) is 0 Å². The van der Waals surface area contributed by atoms with E-state index < -0.39 is 0 Å². The van der Waals surface area contributed by atoms with Crippen molar-refractivity contribution in [3.8, 4) is 5.75 Å². The van der Waals surface area contributed by atoms with Crippen molar-refractivity contribution in [3.05, 3.63) is 40.6 Å². The molecule has 1 aromatic carbocycles. The normalized spacial score (nSPS) is 13.0. The molecule has 0 unspecified atom stereocenters. The van der Waals surface area contributed by atoms with Gasteiger partial charge in [-0.3, -0.25) is 0 Å². The van der Waals surface area contributed by atoms with E-state index in [1.54, 1.807) is 12.1 Å². The second-order valence-corrected chi connectivity index (χ2v) is 5.56. The van der Waals surface area contributed by atoms with Crippen molar-refractivity contribution < 1.29 is 4.74 Å². The van der Waals surface area contributed by atoms with Crippen molar-refractivity contribution in [3.63, 3.8) is 0 Å². The lowest BCUT2D eigenvalue weighted by Gasteiger charge is -2.31. The summed E-state index contributed by atoms with van der Waals surface area (Å²) in [4.78, 5) is 0. The molecule has 0 saturated heterocycles. The van der Waals surface area contributed by atoms with Gasteiger partial charge in [0.1, 0.15) is 11.5 Å². The Hall–Kier alpha value is -0.660. The molecule has 0 bridgehead atoms. The fourth-order valence-electron chi connectivity index (χ4n) is 1.21. The van der Waals surface area contributed by atoms with Gasteiger partial charge in [0.05, 0.1) is 0 Å². The summed E-state index contributed by atoms with van der Waals surface area (Å²) < 4.78 is 5.82. The fourth-order valence-corrected chi connectivity index (χ4v) is 1.66. The van der Waals surface area contributed by atoms with Gasteiger partial charge in [0, 0.05) is 16.0 Å². The maximum Gasteiger partial charge on any atom is 0.127 e. The molecule has 1 nitrogen and oxygen atoms in total. The van der Waals surface area contributed by atoms with Gasteiger partial charge in [0.15, 0.2) is 0 Å². The predicted octanol–water partition coefficient (Wildman–Crippen LogP) is 5.48. The number of allylic oxidation sites excluding steroid dienone is 1. The zero-order chi connectivity index (χ0) is 13.1. The van der Waals surface area contributed by atoms with E-state index in [9.17, 15) is 0 Å². The Kier molecular flexibility index (Phi) is 4.91. The van der Waals surface area contributed by atoms with Gasteiger partial charge in [-0.15, -0.1) is 0 Å². The topological polar surface area (TPSA) is 9.23 Å². The molecule has 0 atom stereocenters. The number of halogens is 2. The van der Waals surface area contributed by atoms with Crippen LogP contribution in [0.1, 0.15) is 27.7 Å². The number of benzene rings is 1. The molecule has 3 heteroatoms. The Morgan fingerprint density at radius 3 is 2.18 bits per heavy atom. The van der Waals surface area contributed by atoms with Gasteiger partial charge >= 0.3 is 0 Å². The fraction of sp³-hybridized carbons (Fsp3) is 0.429. The monoisotopic (exact) mass is 272 g/mol. The van der Waals surface area contributed by atoms with Gasteiger partial charge in [0.25, 0.3) is 0 Å². The number of hydrogen-bond acceptors (Lipinski definition) is 1. The zero-order valence-corrected chi connectivity index (χ0v) is 12.1. The van der Waals surface area contributed by atoms with E-state index in [2.05, 4.69) is 27.7 Å². The number of hydrogen-bond donors (Lipinski definition) is 0. The van der Waals surface area contributed by atoms with Gasteiger partial charge in [0.2, 0.25) is 0 Å². The van der Waals surface area contributed by atoms with Crippen molar-refractivity contribution in [2.45, 2.75) is 27.7 Å². The lowest BCUT2D eigenvalue weighted by atomic mass is 9.80. The summed E-state index contributed by atoms with van der Waals surface area (Å²) in [6.45, 7) is 8.51. The van der Waals surface area contributed by atoms with Crippen LogP contribution in [0.15, 0.2) is 35.6 Å².